The number of rotatable bonds is 8. The van der Waals surface area contributed by atoms with Crippen LogP contribution in [0.3, 0.4) is 0 Å². The van der Waals surface area contributed by atoms with Gasteiger partial charge in [-0.3, -0.25) is 9.59 Å². The molecule has 0 saturated heterocycles. The van der Waals surface area contributed by atoms with Crippen LogP contribution in [0, 0.1) is 5.92 Å². The van der Waals surface area contributed by atoms with Gasteiger partial charge in [0.2, 0.25) is 0 Å². The molecule has 1 atom stereocenters. The van der Waals surface area contributed by atoms with Crippen LogP contribution in [-0.4, -0.2) is 36.0 Å². The average Bonchev–Trinajstić information content (AvgIpc) is 2.67. The van der Waals surface area contributed by atoms with Crippen LogP contribution in [0.1, 0.15) is 41.0 Å². The molecule has 7 heteroatoms. The van der Waals surface area contributed by atoms with Gasteiger partial charge in [-0.25, -0.2) is 4.79 Å². The third-order valence-electron chi connectivity index (χ3n) is 4.08. The molecule has 0 aliphatic carbocycles. The Morgan fingerprint density at radius 1 is 1.00 bits per heavy atom. The second kappa shape index (κ2) is 9.55. The molecule has 0 aromatic heterocycles. The summed E-state index contributed by atoms with van der Waals surface area (Å²) < 4.78 is 5.07. The van der Waals surface area contributed by atoms with Crippen molar-refractivity contribution >= 4 is 23.5 Å². The van der Waals surface area contributed by atoms with Crippen LogP contribution in [-0.2, 0) is 4.79 Å². The molecule has 0 spiro atoms. The van der Waals surface area contributed by atoms with Crippen LogP contribution >= 0.6 is 0 Å². The molecular formula is C21H24N2O5. The SMILES string of the molecule is COc1ccc(C(=O)Nc2ccccc2C(=O)NC(CC(C)C)C(=O)O)cc1. The second-order valence-electron chi connectivity index (χ2n) is 6.72. The van der Waals surface area contributed by atoms with Gasteiger partial charge in [0.1, 0.15) is 11.8 Å². The summed E-state index contributed by atoms with van der Waals surface area (Å²) >= 11 is 0. The third kappa shape index (κ3) is 5.57. The van der Waals surface area contributed by atoms with Gasteiger partial charge in [-0.1, -0.05) is 26.0 Å². The number of carboxylic acids is 1. The summed E-state index contributed by atoms with van der Waals surface area (Å²) in [6.45, 7) is 3.76. The first-order valence-corrected chi connectivity index (χ1v) is 8.90. The molecule has 2 aromatic carbocycles. The van der Waals surface area contributed by atoms with Crippen LogP contribution in [0.5, 0.6) is 5.75 Å². The van der Waals surface area contributed by atoms with Crippen LogP contribution in [0.2, 0.25) is 0 Å². The third-order valence-corrected chi connectivity index (χ3v) is 4.08. The van der Waals surface area contributed by atoms with E-state index in [9.17, 15) is 19.5 Å². The molecule has 0 aliphatic rings. The predicted molar refractivity (Wildman–Crippen MR) is 106 cm³/mol. The fourth-order valence-electron chi connectivity index (χ4n) is 2.66. The number of aliphatic carboxylic acids is 1. The average molecular weight is 384 g/mol. The van der Waals surface area contributed by atoms with E-state index >= 15 is 0 Å². The largest absolute Gasteiger partial charge is 0.497 e. The summed E-state index contributed by atoms with van der Waals surface area (Å²) in [7, 11) is 1.54. The zero-order valence-electron chi connectivity index (χ0n) is 16.1. The van der Waals surface area contributed by atoms with Gasteiger partial charge in [-0.05, 0) is 48.7 Å². The number of nitrogens with one attached hydrogen (secondary N) is 2. The Bertz CT molecular complexity index is 846. The van der Waals surface area contributed by atoms with Gasteiger partial charge in [-0.2, -0.15) is 0 Å². The van der Waals surface area contributed by atoms with Crippen molar-refractivity contribution in [2.24, 2.45) is 5.92 Å². The van der Waals surface area contributed by atoms with Crippen molar-refractivity contribution in [3.63, 3.8) is 0 Å². The standard InChI is InChI=1S/C21H24N2O5/c1-13(2)12-18(21(26)27)23-20(25)16-6-4-5-7-17(16)22-19(24)14-8-10-15(28-3)11-9-14/h4-11,13,18H,12H2,1-3H3,(H,22,24)(H,23,25)(H,26,27). The summed E-state index contributed by atoms with van der Waals surface area (Å²) in [6, 6.07) is 12.0. The molecular weight excluding hydrogens is 360 g/mol. The first-order valence-electron chi connectivity index (χ1n) is 8.90. The highest BCUT2D eigenvalue weighted by Crippen LogP contribution is 2.18. The van der Waals surface area contributed by atoms with Crippen LogP contribution in [0.25, 0.3) is 0 Å². The first-order chi connectivity index (χ1) is 13.3. The van der Waals surface area contributed by atoms with Crippen molar-refractivity contribution in [2.45, 2.75) is 26.3 Å². The maximum Gasteiger partial charge on any atom is 0.326 e. The predicted octanol–water partition coefficient (Wildman–Crippen LogP) is 3.18. The molecule has 0 bridgehead atoms. The van der Waals surface area contributed by atoms with Gasteiger partial charge < -0.3 is 20.5 Å². The molecule has 28 heavy (non-hydrogen) atoms. The number of methoxy groups -OCH3 is 1. The Balaban J connectivity index is 2.17. The van der Waals surface area contributed by atoms with Crippen LogP contribution in [0.15, 0.2) is 48.5 Å². The number of carbonyl (C=O) groups is 3. The number of amides is 2. The minimum Gasteiger partial charge on any atom is -0.497 e. The Kier molecular flexibility index (Phi) is 7.14. The topological polar surface area (TPSA) is 105 Å². The smallest absolute Gasteiger partial charge is 0.326 e. The molecule has 2 aromatic rings. The lowest BCUT2D eigenvalue weighted by molar-refractivity contribution is -0.139. The summed E-state index contributed by atoms with van der Waals surface area (Å²) in [5.41, 5.74) is 0.896. The second-order valence-corrected chi connectivity index (χ2v) is 6.72. The van der Waals surface area contributed by atoms with E-state index in [0.29, 0.717) is 23.4 Å². The molecule has 2 rings (SSSR count). The normalized spacial score (nSPS) is 11.6. The van der Waals surface area contributed by atoms with Crippen molar-refractivity contribution in [2.75, 3.05) is 12.4 Å². The minimum atomic E-state index is -1.10. The van der Waals surface area contributed by atoms with E-state index in [2.05, 4.69) is 10.6 Å². The Morgan fingerprint density at radius 3 is 2.21 bits per heavy atom. The summed E-state index contributed by atoms with van der Waals surface area (Å²) in [5.74, 6) is -1.31. The number of hydrogen-bond acceptors (Lipinski definition) is 4. The number of carbonyl (C=O) groups excluding carboxylic acids is 2. The van der Waals surface area contributed by atoms with Crippen molar-refractivity contribution in [1.82, 2.24) is 5.32 Å². The molecule has 3 N–H and O–H groups in total. The Labute approximate surface area is 163 Å². The number of carboxylic acid groups (broad SMARTS) is 1. The zero-order valence-corrected chi connectivity index (χ0v) is 16.1. The van der Waals surface area contributed by atoms with Gasteiger partial charge in [0.25, 0.3) is 11.8 Å². The van der Waals surface area contributed by atoms with E-state index in [1.54, 1.807) is 42.5 Å². The van der Waals surface area contributed by atoms with Crippen LogP contribution in [0.4, 0.5) is 5.69 Å². The minimum absolute atomic E-state index is 0.103. The monoisotopic (exact) mass is 384 g/mol. The number of ether oxygens (including phenoxy) is 1. The van der Waals surface area contributed by atoms with E-state index < -0.39 is 17.9 Å². The van der Waals surface area contributed by atoms with Crippen molar-refractivity contribution in [3.8, 4) is 5.75 Å². The molecule has 0 heterocycles. The van der Waals surface area contributed by atoms with E-state index in [-0.39, 0.29) is 17.4 Å². The fraction of sp³-hybridized carbons (Fsp3) is 0.286. The highest BCUT2D eigenvalue weighted by Gasteiger charge is 2.23. The van der Waals surface area contributed by atoms with Crippen molar-refractivity contribution in [1.29, 1.82) is 0 Å². The quantitative estimate of drug-likeness (QED) is 0.648. The number of hydrogen-bond donors (Lipinski definition) is 3. The summed E-state index contributed by atoms with van der Waals surface area (Å²) in [4.78, 5) is 36.5. The molecule has 7 nitrogen and oxygen atoms in total. The van der Waals surface area contributed by atoms with E-state index in [4.69, 9.17) is 4.74 Å². The lowest BCUT2D eigenvalue weighted by atomic mass is 10.0. The highest BCUT2D eigenvalue weighted by molar-refractivity contribution is 6.09. The van der Waals surface area contributed by atoms with Crippen molar-refractivity contribution in [3.05, 3.63) is 59.7 Å². The molecule has 0 aliphatic heterocycles. The lowest BCUT2D eigenvalue weighted by Gasteiger charge is -2.18. The number of para-hydroxylation sites is 1. The van der Waals surface area contributed by atoms with Gasteiger partial charge in [0, 0.05) is 5.56 Å². The Morgan fingerprint density at radius 2 is 1.64 bits per heavy atom. The first kappa shape index (κ1) is 21.0. The summed E-state index contributed by atoms with van der Waals surface area (Å²) in [5, 5.41) is 14.6. The van der Waals surface area contributed by atoms with Crippen LogP contribution < -0.4 is 15.4 Å². The number of benzene rings is 2. The summed E-state index contributed by atoms with van der Waals surface area (Å²) in [6.07, 6.45) is 0.307. The van der Waals surface area contributed by atoms with Gasteiger partial charge in [0.05, 0.1) is 18.4 Å². The molecule has 1 unspecified atom stereocenters. The lowest BCUT2D eigenvalue weighted by Crippen LogP contribution is -2.41. The molecule has 148 valence electrons. The van der Waals surface area contributed by atoms with E-state index in [0.717, 1.165) is 0 Å². The maximum absolute atomic E-state index is 12.6. The van der Waals surface area contributed by atoms with Gasteiger partial charge >= 0.3 is 5.97 Å². The molecule has 0 saturated carbocycles. The fourth-order valence-corrected chi connectivity index (χ4v) is 2.66. The van der Waals surface area contributed by atoms with E-state index in [1.165, 1.54) is 13.2 Å². The van der Waals surface area contributed by atoms with Gasteiger partial charge in [-0.15, -0.1) is 0 Å². The van der Waals surface area contributed by atoms with E-state index in [1.807, 2.05) is 13.8 Å². The molecule has 0 radical (unpaired) electrons. The molecule has 2 amide bonds. The highest BCUT2D eigenvalue weighted by atomic mass is 16.5. The Hall–Kier alpha value is -3.35. The number of anilines is 1. The van der Waals surface area contributed by atoms with Gasteiger partial charge in [0.15, 0.2) is 0 Å². The zero-order chi connectivity index (χ0) is 20.7. The maximum atomic E-state index is 12.6. The molecule has 0 fully saturated rings. The van der Waals surface area contributed by atoms with Crippen molar-refractivity contribution < 1.29 is 24.2 Å².